The molecule has 0 bridgehead atoms. The van der Waals surface area contributed by atoms with Gasteiger partial charge in [-0.15, -0.1) is 0 Å². The molecule has 1 aliphatic heterocycles. The molecule has 1 saturated heterocycles. The molecule has 2 amide bonds. The zero-order valence-corrected chi connectivity index (χ0v) is 23.2. The molecule has 2 N–H and O–H groups in total. The van der Waals surface area contributed by atoms with Crippen LogP contribution >= 0.6 is 0 Å². The first-order chi connectivity index (χ1) is 19.5. The van der Waals surface area contributed by atoms with Gasteiger partial charge in [-0.3, -0.25) is 9.59 Å². The van der Waals surface area contributed by atoms with E-state index in [-0.39, 0.29) is 17.4 Å². The van der Waals surface area contributed by atoms with E-state index < -0.39 is 17.8 Å². The first-order valence-electron chi connectivity index (χ1n) is 14.8. The highest BCUT2D eigenvalue weighted by atomic mass is 19.1. The number of carbonyl (C=O) groups excluding carboxylic acids is 2. The van der Waals surface area contributed by atoms with Gasteiger partial charge in [0, 0.05) is 24.0 Å². The number of benzene rings is 3. The van der Waals surface area contributed by atoms with E-state index in [0.717, 1.165) is 36.2 Å². The maximum atomic E-state index is 14.9. The Kier molecular flexibility index (Phi) is 7.59. The van der Waals surface area contributed by atoms with Crippen molar-refractivity contribution in [3.63, 3.8) is 0 Å². The quantitative estimate of drug-likeness (QED) is 0.348. The third-order valence-electron chi connectivity index (χ3n) is 9.01. The van der Waals surface area contributed by atoms with Crippen molar-refractivity contribution in [3.8, 4) is 0 Å². The summed E-state index contributed by atoms with van der Waals surface area (Å²) in [6.45, 7) is 2.23. The third kappa shape index (κ3) is 5.36. The molecule has 6 rings (SSSR count). The lowest BCUT2D eigenvalue weighted by molar-refractivity contribution is -0.123. The summed E-state index contributed by atoms with van der Waals surface area (Å²) in [6, 6.07) is 19.1. The lowest BCUT2D eigenvalue weighted by atomic mass is 9.83. The summed E-state index contributed by atoms with van der Waals surface area (Å²) >= 11 is 0. The molecule has 2 atom stereocenters. The average Bonchev–Trinajstić information content (AvgIpc) is 3.65. The number of nitrogens with one attached hydrogen (secondary N) is 2. The number of piperidine rings is 1. The highest BCUT2D eigenvalue weighted by Gasteiger charge is 2.40. The number of aryl methyl sites for hydroxylation is 3. The molecule has 3 aromatic rings. The van der Waals surface area contributed by atoms with E-state index in [1.807, 2.05) is 18.2 Å². The number of likely N-dealkylation sites (tertiary alicyclic amines) is 1. The van der Waals surface area contributed by atoms with Crippen molar-refractivity contribution in [1.29, 1.82) is 0 Å². The second-order valence-corrected chi connectivity index (χ2v) is 11.7. The minimum atomic E-state index is -0.524. The number of hydrogen-bond acceptors (Lipinski definition) is 3. The van der Waals surface area contributed by atoms with E-state index in [4.69, 9.17) is 0 Å². The molecule has 0 radical (unpaired) electrons. The molecule has 1 heterocycles. The lowest BCUT2D eigenvalue weighted by Crippen LogP contribution is -2.46. The van der Waals surface area contributed by atoms with E-state index in [2.05, 4.69) is 34.9 Å². The first-order valence-corrected chi connectivity index (χ1v) is 14.8. The van der Waals surface area contributed by atoms with Crippen LogP contribution in [0.15, 0.2) is 60.7 Å². The molecule has 0 unspecified atom stereocenters. The van der Waals surface area contributed by atoms with Gasteiger partial charge in [-0.1, -0.05) is 43.2 Å². The Balaban J connectivity index is 1.31. The van der Waals surface area contributed by atoms with E-state index in [1.54, 1.807) is 24.0 Å². The fourth-order valence-electron chi connectivity index (χ4n) is 6.92. The Labute approximate surface area is 236 Å². The predicted octanol–water partition coefficient (Wildman–Crippen LogP) is 7.21. The fourth-order valence-corrected chi connectivity index (χ4v) is 6.92. The third-order valence-corrected chi connectivity index (χ3v) is 9.01. The zero-order chi connectivity index (χ0) is 27.6. The van der Waals surface area contributed by atoms with Gasteiger partial charge in [0.25, 0.3) is 5.91 Å². The normalized spacial score (nSPS) is 20.8. The lowest BCUT2D eigenvalue weighted by Gasteiger charge is -2.41. The van der Waals surface area contributed by atoms with E-state index in [1.165, 1.54) is 42.9 Å². The van der Waals surface area contributed by atoms with Gasteiger partial charge in [0.1, 0.15) is 5.82 Å². The van der Waals surface area contributed by atoms with Crippen LogP contribution in [-0.2, 0) is 17.6 Å². The number of rotatable bonds is 6. The standard InChI is InChI=1S/C34H38FN3O2/c1-22-7-4-13-30(35)31(22)34(40)38-20-6-12-29(33(39)37-28-19-14-23-8-5-9-25(23)21-28)32(38)24-15-17-27(18-16-24)36-26-10-2-3-11-26/h4,7,13-19,21,26,29,32,36H,2-3,5-6,8-12,20H2,1H3,(H,37,39)/t29-,32-/m0/s1. The molecule has 2 fully saturated rings. The summed E-state index contributed by atoms with van der Waals surface area (Å²) < 4.78 is 14.9. The molecule has 5 nitrogen and oxygen atoms in total. The number of nitrogens with zero attached hydrogens (tertiary/aromatic N) is 1. The first kappa shape index (κ1) is 26.5. The minimum absolute atomic E-state index is 0.0895. The molecule has 6 heteroatoms. The van der Waals surface area contributed by atoms with Gasteiger partial charge in [0.05, 0.1) is 17.5 Å². The topological polar surface area (TPSA) is 61.4 Å². The SMILES string of the molecule is Cc1cccc(F)c1C(=O)N1CCC[C@H](C(=O)Nc2ccc3c(c2)CCC3)[C@@H]1c1ccc(NC2CCCC2)cc1. The van der Waals surface area contributed by atoms with Crippen LogP contribution in [0.4, 0.5) is 15.8 Å². The van der Waals surface area contributed by atoms with Crippen LogP contribution in [0.5, 0.6) is 0 Å². The summed E-state index contributed by atoms with van der Waals surface area (Å²) in [5.74, 6) is -1.43. The van der Waals surface area contributed by atoms with Crippen LogP contribution in [0.1, 0.15) is 83.6 Å². The molecule has 0 aromatic heterocycles. The number of carbonyl (C=O) groups is 2. The van der Waals surface area contributed by atoms with Gasteiger partial charge in [0.15, 0.2) is 0 Å². The van der Waals surface area contributed by atoms with E-state index in [9.17, 15) is 14.0 Å². The van der Waals surface area contributed by atoms with Crippen molar-refractivity contribution in [2.75, 3.05) is 17.2 Å². The van der Waals surface area contributed by atoms with Crippen molar-refractivity contribution in [3.05, 3.63) is 94.3 Å². The fraction of sp³-hybridized carbons (Fsp3) is 0.412. The van der Waals surface area contributed by atoms with E-state index >= 15 is 0 Å². The van der Waals surface area contributed by atoms with Crippen molar-refractivity contribution in [1.82, 2.24) is 4.90 Å². The minimum Gasteiger partial charge on any atom is -0.382 e. The Morgan fingerprint density at radius 2 is 1.60 bits per heavy atom. The second kappa shape index (κ2) is 11.4. The highest BCUT2D eigenvalue weighted by molar-refractivity contribution is 5.98. The average molecular weight is 540 g/mol. The highest BCUT2D eigenvalue weighted by Crippen LogP contribution is 2.39. The van der Waals surface area contributed by atoms with Crippen LogP contribution in [0.2, 0.25) is 0 Å². The molecule has 3 aliphatic rings. The Morgan fingerprint density at radius 1 is 0.850 bits per heavy atom. The number of amides is 2. The molecule has 40 heavy (non-hydrogen) atoms. The van der Waals surface area contributed by atoms with Crippen LogP contribution in [0.25, 0.3) is 0 Å². The summed E-state index contributed by atoms with van der Waals surface area (Å²) in [6.07, 6.45) is 9.48. The van der Waals surface area contributed by atoms with Crippen molar-refractivity contribution >= 4 is 23.2 Å². The number of fused-ring (bicyclic) bond motifs is 1. The van der Waals surface area contributed by atoms with E-state index in [0.29, 0.717) is 31.0 Å². The molecule has 2 aliphatic carbocycles. The monoisotopic (exact) mass is 539 g/mol. The van der Waals surface area contributed by atoms with Crippen molar-refractivity contribution in [2.45, 2.75) is 76.8 Å². The molecule has 1 saturated carbocycles. The van der Waals surface area contributed by atoms with Crippen LogP contribution in [-0.4, -0.2) is 29.3 Å². The summed E-state index contributed by atoms with van der Waals surface area (Å²) in [5.41, 5.74) is 6.10. The largest absolute Gasteiger partial charge is 0.382 e. The summed E-state index contributed by atoms with van der Waals surface area (Å²) in [5, 5.41) is 6.78. The van der Waals surface area contributed by atoms with Crippen molar-refractivity contribution < 1.29 is 14.0 Å². The molecule has 3 aromatic carbocycles. The van der Waals surface area contributed by atoms with Crippen molar-refractivity contribution in [2.24, 2.45) is 5.92 Å². The van der Waals surface area contributed by atoms with Crippen LogP contribution in [0.3, 0.4) is 0 Å². The van der Waals surface area contributed by atoms with Crippen LogP contribution < -0.4 is 10.6 Å². The summed E-state index contributed by atoms with van der Waals surface area (Å²) in [4.78, 5) is 29.5. The van der Waals surface area contributed by atoms with Gasteiger partial charge in [-0.25, -0.2) is 4.39 Å². The van der Waals surface area contributed by atoms with Gasteiger partial charge in [-0.05, 0) is 104 Å². The Hall–Kier alpha value is -3.67. The number of hydrogen-bond donors (Lipinski definition) is 2. The molecular weight excluding hydrogens is 501 g/mol. The van der Waals surface area contributed by atoms with Gasteiger partial charge in [0.2, 0.25) is 5.91 Å². The van der Waals surface area contributed by atoms with Gasteiger partial charge in [-0.2, -0.15) is 0 Å². The Morgan fingerprint density at radius 3 is 2.38 bits per heavy atom. The van der Waals surface area contributed by atoms with Gasteiger partial charge < -0.3 is 15.5 Å². The summed E-state index contributed by atoms with van der Waals surface area (Å²) in [7, 11) is 0. The van der Waals surface area contributed by atoms with Crippen LogP contribution in [0, 0.1) is 18.7 Å². The Bertz CT molecular complexity index is 1380. The molecule has 208 valence electrons. The molecular formula is C34H38FN3O2. The number of anilines is 2. The zero-order valence-electron chi connectivity index (χ0n) is 23.2. The van der Waals surface area contributed by atoms with Gasteiger partial charge >= 0.3 is 0 Å². The maximum Gasteiger partial charge on any atom is 0.257 e. The predicted molar refractivity (Wildman–Crippen MR) is 157 cm³/mol. The number of halogens is 1. The smallest absolute Gasteiger partial charge is 0.257 e. The second-order valence-electron chi connectivity index (χ2n) is 11.7. The maximum absolute atomic E-state index is 14.9. The molecule has 0 spiro atoms.